The molecule has 2 rings (SSSR count). The van der Waals surface area contributed by atoms with Gasteiger partial charge in [0.25, 0.3) is 0 Å². The Labute approximate surface area is 122 Å². The van der Waals surface area contributed by atoms with Crippen molar-refractivity contribution < 1.29 is 4.74 Å². The molecule has 112 valence electrons. The fourth-order valence-corrected chi connectivity index (χ4v) is 3.53. The van der Waals surface area contributed by atoms with Crippen molar-refractivity contribution in [1.82, 2.24) is 5.43 Å². The number of rotatable bonds is 6. The molecule has 0 spiro atoms. The van der Waals surface area contributed by atoms with E-state index < -0.39 is 0 Å². The third-order valence-electron chi connectivity index (χ3n) is 5.36. The predicted octanol–water partition coefficient (Wildman–Crippen LogP) is 3.66. The van der Waals surface area contributed by atoms with E-state index in [4.69, 9.17) is 10.6 Å². The van der Waals surface area contributed by atoms with Crippen LogP contribution in [0.2, 0.25) is 0 Å². The molecule has 0 bridgehead atoms. The topological polar surface area (TPSA) is 47.3 Å². The monoisotopic (exact) mass is 276 g/mol. The minimum absolute atomic E-state index is 0.132. The highest BCUT2D eigenvalue weighted by atomic mass is 16.5. The second-order valence-electron chi connectivity index (χ2n) is 6.95. The summed E-state index contributed by atoms with van der Waals surface area (Å²) in [6.45, 7) is 12.1. The van der Waals surface area contributed by atoms with Gasteiger partial charge in [0.2, 0.25) is 0 Å². The minimum Gasteiger partial charge on any atom is -0.493 e. The summed E-state index contributed by atoms with van der Waals surface area (Å²) in [6, 6.07) is 8.37. The maximum atomic E-state index is 5.89. The van der Waals surface area contributed by atoms with Crippen LogP contribution in [-0.4, -0.2) is 6.61 Å². The van der Waals surface area contributed by atoms with Gasteiger partial charge in [-0.2, -0.15) is 0 Å². The maximum Gasteiger partial charge on any atom is 0.124 e. The zero-order chi connectivity index (χ0) is 15.0. The molecular weight excluding hydrogens is 248 g/mol. The second kappa shape index (κ2) is 5.38. The highest BCUT2D eigenvalue weighted by Gasteiger charge is 2.67. The molecule has 1 aliphatic carbocycles. The van der Waals surface area contributed by atoms with E-state index in [1.165, 1.54) is 5.56 Å². The molecule has 1 unspecified atom stereocenters. The van der Waals surface area contributed by atoms with Crippen molar-refractivity contribution in [3.05, 3.63) is 29.8 Å². The van der Waals surface area contributed by atoms with Gasteiger partial charge in [-0.1, -0.05) is 52.8 Å². The van der Waals surface area contributed by atoms with E-state index in [9.17, 15) is 0 Å². The van der Waals surface area contributed by atoms with Crippen molar-refractivity contribution in [2.24, 2.45) is 22.6 Å². The molecule has 1 aliphatic rings. The Balaban J connectivity index is 2.30. The normalized spacial score (nSPS) is 21.5. The van der Waals surface area contributed by atoms with Gasteiger partial charge in [-0.15, -0.1) is 0 Å². The van der Waals surface area contributed by atoms with Crippen LogP contribution in [0, 0.1) is 16.7 Å². The zero-order valence-corrected chi connectivity index (χ0v) is 13.4. The summed E-state index contributed by atoms with van der Waals surface area (Å²) in [5.74, 6) is 7.34. The van der Waals surface area contributed by atoms with Gasteiger partial charge in [0.15, 0.2) is 0 Å². The van der Waals surface area contributed by atoms with Gasteiger partial charge in [-0.05, 0) is 29.2 Å². The van der Waals surface area contributed by atoms with E-state index in [1.807, 2.05) is 12.1 Å². The molecule has 0 heterocycles. The van der Waals surface area contributed by atoms with Crippen LogP contribution >= 0.6 is 0 Å². The van der Waals surface area contributed by atoms with E-state index >= 15 is 0 Å². The van der Waals surface area contributed by atoms with Crippen LogP contribution < -0.4 is 16.0 Å². The van der Waals surface area contributed by atoms with E-state index in [2.05, 4.69) is 52.2 Å². The van der Waals surface area contributed by atoms with Crippen LogP contribution in [0.25, 0.3) is 0 Å². The molecule has 0 amide bonds. The first-order chi connectivity index (χ1) is 9.37. The molecule has 1 aromatic carbocycles. The predicted molar refractivity (Wildman–Crippen MR) is 83.3 cm³/mol. The maximum absolute atomic E-state index is 5.89. The van der Waals surface area contributed by atoms with Gasteiger partial charge in [0.1, 0.15) is 5.75 Å². The highest BCUT2D eigenvalue weighted by Crippen LogP contribution is 2.72. The lowest BCUT2D eigenvalue weighted by Gasteiger charge is -2.22. The molecule has 1 fully saturated rings. The van der Waals surface area contributed by atoms with E-state index in [0.717, 1.165) is 18.8 Å². The molecule has 1 atom stereocenters. The number of ether oxygens (including phenoxy) is 1. The van der Waals surface area contributed by atoms with E-state index in [1.54, 1.807) is 0 Å². The standard InChI is InChI=1S/C17H28N2O/c1-6-11-20-13-10-8-7-9-12(13)14(19-18)15-16(2,3)17(15,4)5/h7-10,14-15,19H,6,11,18H2,1-5H3. The largest absolute Gasteiger partial charge is 0.493 e. The van der Waals surface area contributed by atoms with E-state index in [0.29, 0.717) is 5.92 Å². The second-order valence-corrected chi connectivity index (χ2v) is 6.95. The smallest absolute Gasteiger partial charge is 0.124 e. The summed E-state index contributed by atoms with van der Waals surface area (Å²) in [4.78, 5) is 0. The van der Waals surface area contributed by atoms with Crippen LogP contribution in [0.1, 0.15) is 52.6 Å². The summed E-state index contributed by atoms with van der Waals surface area (Å²) in [5, 5.41) is 0. The average molecular weight is 276 g/mol. The fraction of sp³-hybridized carbons (Fsp3) is 0.647. The molecule has 0 aliphatic heterocycles. The summed E-state index contributed by atoms with van der Waals surface area (Å²) in [7, 11) is 0. The molecule has 0 radical (unpaired) electrons. The first-order valence-corrected chi connectivity index (χ1v) is 7.55. The summed E-state index contributed by atoms with van der Waals surface area (Å²) < 4.78 is 5.89. The van der Waals surface area contributed by atoms with Crippen LogP contribution in [-0.2, 0) is 0 Å². The molecule has 3 nitrogen and oxygen atoms in total. The number of benzene rings is 1. The lowest BCUT2D eigenvalue weighted by atomic mass is 9.96. The summed E-state index contributed by atoms with van der Waals surface area (Å²) >= 11 is 0. The van der Waals surface area contributed by atoms with Crippen LogP contribution in [0.5, 0.6) is 5.75 Å². The third-order valence-corrected chi connectivity index (χ3v) is 5.36. The molecule has 1 aromatic rings. The molecular formula is C17H28N2O. The first-order valence-electron chi connectivity index (χ1n) is 7.55. The Morgan fingerprint density at radius 1 is 1.20 bits per heavy atom. The Kier molecular flexibility index (Phi) is 4.12. The van der Waals surface area contributed by atoms with E-state index in [-0.39, 0.29) is 16.9 Å². The number of hydrogen-bond acceptors (Lipinski definition) is 3. The van der Waals surface area contributed by atoms with Gasteiger partial charge in [-0.3, -0.25) is 11.3 Å². The molecule has 0 aromatic heterocycles. The van der Waals surface area contributed by atoms with Crippen LogP contribution in [0.3, 0.4) is 0 Å². The zero-order valence-electron chi connectivity index (χ0n) is 13.4. The Bertz CT molecular complexity index is 454. The van der Waals surface area contributed by atoms with Crippen LogP contribution in [0.15, 0.2) is 24.3 Å². The Morgan fingerprint density at radius 2 is 1.80 bits per heavy atom. The quantitative estimate of drug-likeness (QED) is 0.615. The number of hydrogen-bond donors (Lipinski definition) is 2. The molecule has 0 saturated heterocycles. The van der Waals surface area contributed by atoms with Gasteiger partial charge < -0.3 is 4.74 Å². The van der Waals surface area contributed by atoms with Crippen molar-refractivity contribution in [2.45, 2.75) is 47.1 Å². The van der Waals surface area contributed by atoms with Gasteiger partial charge in [0.05, 0.1) is 12.6 Å². The SMILES string of the molecule is CCCOc1ccccc1C(NN)C1C(C)(C)C1(C)C. The third kappa shape index (κ3) is 2.33. The van der Waals surface area contributed by atoms with Gasteiger partial charge in [-0.25, -0.2) is 0 Å². The lowest BCUT2D eigenvalue weighted by molar-refractivity contribution is 0.304. The van der Waals surface area contributed by atoms with Crippen molar-refractivity contribution in [3.8, 4) is 5.75 Å². The number of nitrogens with two attached hydrogens (primary N) is 1. The molecule has 3 heteroatoms. The van der Waals surface area contributed by atoms with Crippen molar-refractivity contribution in [1.29, 1.82) is 0 Å². The van der Waals surface area contributed by atoms with Crippen molar-refractivity contribution in [3.63, 3.8) is 0 Å². The Morgan fingerprint density at radius 3 is 2.30 bits per heavy atom. The minimum atomic E-state index is 0.132. The number of hydrazine groups is 1. The summed E-state index contributed by atoms with van der Waals surface area (Å²) in [5.41, 5.74) is 4.76. The first kappa shape index (κ1) is 15.3. The number of nitrogens with one attached hydrogen (secondary N) is 1. The van der Waals surface area contributed by atoms with Crippen molar-refractivity contribution in [2.75, 3.05) is 6.61 Å². The highest BCUT2D eigenvalue weighted by molar-refractivity contribution is 5.39. The average Bonchev–Trinajstić information content (AvgIpc) is 2.81. The van der Waals surface area contributed by atoms with Gasteiger partial charge >= 0.3 is 0 Å². The van der Waals surface area contributed by atoms with Crippen LogP contribution in [0.4, 0.5) is 0 Å². The molecule has 3 N–H and O–H groups in total. The lowest BCUT2D eigenvalue weighted by Crippen LogP contribution is -2.31. The molecule has 1 saturated carbocycles. The Hall–Kier alpha value is -1.06. The van der Waals surface area contributed by atoms with Crippen molar-refractivity contribution >= 4 is 0 Å². The fourth-order valence-electron chi connectivity index (χ4n) is 3.53. The molecule has 20 heavy (non-hydrogen) atoms. The van der Waals surface area contributed by atoms with Gasteiger partial charge in [0, 0.05) is 5.56 Å². The number of para-hydroxylation sites is 1. The summed E-state index contributed by atoms with van der Waals surface area (Å²) in [6.07, 6.45) is 1.01.